The Balaban J connectivity index is 2.09. The van der Waals surface area contributed by atoms with Crippen LogP contribution in [0.25, 0.3) is 0 Å². The average molecular weight is 249 g/mol. The lowest BCUT2D eigenvalue weighted by atomic mass is 10.1. The smallest absolute Gasteiger partial charge is 0.134 e. The third kappa shape index (κ3) is 3.10. The SMILES string of the molecule is CN(c1cc(NC2CCNC2)ncn1)C(C)(C)C. The van der Waals surface area contributed by atoms with Crippen LogP contribution in [0.5, 0.6) is 0 Å². The van der Waals surface area contributed by atoms with E-state index in [9.17, 15) is 0 Å². The van der Waals surface area contributed by atoms with Gasteiger partial charge in [0.15, 0.2) is 0 Å². The fourth-order valence-corrected chi connectivity index (χ4v) is 1.94. The predicted octanol–water partition coefficient (Wildman–Crippen LogP) is 1.49. The quantitative estimate of drug-likeness (QED) is 0.850. The van der Waals surface area contributed by atoms with Crippen LogP contribution in [0.15, 0.2) is 12.4 Å². The number of hydrogen-bond acceptors (Lipinski definition) is 5. The molecular formula is C13H23N5. The van der Waals surface area contributed by atoms with Crippen molar-refractivity contribution in [3.05, 3.63) is 12.4 Å². The van der Waals surface area contributed by atoms with Crippen molar-refractivity contribution in [1.29, 1.82) is 0 Å². The maximum absolute atomic E-state index is 4.34. The van der Waals surface area contributed by atoms with Crippen LogP contribution >= 0.6 is 0 Å². The molecule has 1 fully saturated rings. The summed E-state index contributed by atoms with van der Waals surface area (Å²) >= 11 is 0. The summed E-state index contributed by atoms with van der Waals surface area (Å²) in [5.74, 6) is 1.86. The Morgan fingerprint density at radius 3 is 2.78 bits per heavy atom. The van der Waals surface area contributed by atoms with Gasteiger partial charge in [0, 0.05) is 31.2 Å². The van der Waals surface area contributed by atoms with Crippen molar-refractivity contribution in [1.82, 2.24) is 15.3 Å². The highest BCUT2D eigenvalue weighted by Crippen LogP contribution is 2.21. The van der Waals surface area contributed by atoms with E-state index in [1.165, 1.54) is 0 Å². The van der Waals surface area contributed by atoms with Crippen molar-refractivity contribution < 1.29 is 0 Å². The summed E-state index contributed by atoms with van der Waals surface area (Å²) in [7, 11) is 2.06. The minimum absolute atomic E-state index is 0.0561. The van der Waals surface area contributed by atoms with Gasteiger partial charge in [0.1, 0.15) is 18.0 Å². The Bertz CT molecular complexity index is 393. The van der Waals surface area contributed by atoms with E-state index in [0.29, 0.717) is 6.04 Å². The van der Waals surface area contributed by atoms with E-state index in [0.717, 1.165) is 31.1 Å². The van der Waals surface area contributed by atoms with Crippen molar-refractivity contribution in [2.75, 3.05) is 30.4 Å². The molecule has 0 aromatic carbocycles. The highest BCUT2D eigenvalue weighted by molar-refractivity contribution is 5.49. The van der Waals surface area contributed by atoms with Gasteiger partial charge in [-0.05, 0) is 33.7 Å². The molecule has 0 bridgehead atoms. The second kappa shape index (κ2) is 5.10. The number of nitrogens with one attached hydrogen (secondary N) is 2. The fraction of sp³-hybridized carbons (Fsp3) is 0.692. The second-order valence-corrected chi connectivity index (χ2v) is 5.83. The largest absolute Gasteiger partial charge is 0.366 e. The van der Waals surface area contributed by atoms with Crippen molar-refractivity contribution in [2.45, 2.75) is 38.8 Å². The maximum atomic E-state index is 4.34. The van der Waals surface area contributed by atoms with Crippen molar-refractivity contribution >= 4 is 11.6 Å². The van der Waals surface area contributed by atoms with Crippen molar-refractivity contribution in [3.8, 4) is 0 Å². The Kier molecular flexibility index (Phi) is 3.71. The van der Waals surface area contributed by atoms with Crippen LogP contribution in [0.4, 0.5) is 11.6 Å². The molecule has 1 aliphatic rings. The normalized spacial score (nSPS) is 19.9. The van der Waals surface area contributed by atoms with Crippen LogP contribution in [0.3, 0.4) is 0 Å². The van der Waals surface area contributed by atoms with E-state index in [-0.39, 0.29) is 5.54 Å². The molecular weight excluding hydrogens is 226 g/mol. The first-order valence-electron chi connectivity index (χ1n) is 6.50. The Morgan fingerprint density at radius 1 is 1.39 bits per heavy atom. The first kappa shape index (κ1) is 13.1. The van der Waals surface area contributed by atoms with E-state index in [1.54, 1.807) is 6.33 Å². The summed E-state index contributed by atoms with van der Waals surface area (Å²) in [4.78, 5) is 10.8. The molecule has 1 aliphatic heterocycles. The van der Waals surface area contributed by atoms with Gasteiger partial charge >= 0.3 is 0 Å². The van der Waals surface area contributed by atoms with E-state index in [4.69, 9.17) is 0 Å². The lowest BCUT2D eigenvalue weighted by molar-refractivity contribution is 0.533. The zero-order valence-electron chi connectivity index (χ0n) is 11.7. The average Bonchev–Trinajstić information content (AvgIpc) is 2.80. The van der Waals surface area contributed by atoms with E-state index in [1.807, 2.05) is 6.07 Å². The summed E-state index contributed by atoms with van der Waals surface area (Å²) in [6, 6.07) is 2.50. The summed E-state index contributed by atoms with van der Waals surface area (Å²) < 4.78 is 0. The molecule has 1 unspecified atom stereocenters. The lowest BCUT2D eigenvalue weighted by Gasteiger charge is -2.33. The molecule has 1 aromatic rings. The highest BCUT2D eigenvalue weighted by Gasteiger charge is 2.20. The Labute approximate surface area is 109 Å². The first-order chi connectivity index (χ1) is 8.47. The van der Waals surface area contributed by atoms with Gasteiger partial charge in [-0.2, -0.15) is 0 Å². The van der Waals surface area contributed by atoms with Crippen LogP contribution in [-0.4, -0.2) is 41.7 Å². The zero-order chi connectivity index (χ0) is 13.2. The third-order valence-electron chi connectivity index (χ3n) is 3.41. The molecule has 0 aliphatic carbocycles. The number of rotatable bonds is 3. The Morgan fingerprint density at radius 2 is 2.17 bits per heavy atom. The summed E-state index contributed by atoms with van der Waals surface area (Å²) in [5, 5.41) is 6.79. The fourth-order valence-electron chi connectivity index (χ4n) is 1.94. The molecule has 0 radical (unpaired) electrons. The molecule has 0 saturated carbocycles. The molecule has 5 nitrogen and oxygen atoms in total. The van der Waals surface area contributed by atoms with Gasteiger partial charge in [-0.25, -0.2) is 9.97 Å². The van der Waals surface area contributed by atoms with Gasteiger partial charge in [0.05, 0.1) is 0 Å². The van der Waals surface area contributed by atoms with E-state index < -0.39 is 0 Å². The predicted molar refractivity (Wildman–Crippen MR) is 75.1 cm³/mol. The highest BCUT2D eigenvalue weighted by atomic mass is 15.2. The van der Waals surface area contributed by atoms with Gasteiger partial charge < -0.3 is 15.5 Å². The molecule has 0 amide bonds. The molecule has 1 aromatic heterocycles. The van der Waals surface area contributed by atoms with Crippen molar-refractivity contribution in [3.63, 3.8) is 0 Å². The van der Waals surface area contributed by atoms with Crippen LogP contribution in [0.2, 0.25) is 0 Å². The zero-order valence-corrected chi connectivity index (χ0v) is 11.7. The van der Waals surface area contributed by atoms with Gasteiger partial charge in [0.2, 0.25) is 0 Å². The molecule has 5 heteroatoms. The van der Waals surface area contributed by atoms with Crippen LogP contribution in [0.1, 0.15) is 27.2 Å². The monoisotopic (exact) mass is 249 g/mol. The standard InChI is InChI=1S/C13H23N5/c1-13(2,3)18(4)12-7-11(15-9-16-12)17-10-5-6-14-8-10/h7,9-10,14H,5-6,8H2,1-4H3,(H,15,16,17). The van der Waals surface area contributed by atoms with Gasteiger partial charge in [-0.15, -0.1) is 0 Å². The molecule has 18 heavy (non-hydrogen) atoms. The number of anilines is 2. The van der Waals surface area contributed by atoms with Crippen molar-refractivity contribution in [2.24, 2.45) is 0 Å². The minimum Gasteiger partial charge on any atom is -0.366 e. The maximum Gasteiger partial charge on any atom is 0.134 e. The molecule has 2 heterocycles. The molecule has 2 rings (SSSR count). The van der Waals surface area contributed by atoms with Crippen LogP contribution in [-0.2, 0) is 0 Å². The lowest BCUT2D eigenvalue weighted by Crippen LogP contribution is -2.38. The summed E-state index contributed by atoms with van der Waals surface area (Å²) in [6.45, 7) is 8.60. The number of aromatic nitrogens is 2. The van der Waals surface area contributed by atoms with E-state index in [2.05, 4.69) is 53.3 Å². The molecule has 1 atom stereocenters. The summed E-state index contributed by atoms with van der Waals surface area (Å²) in [6.07, 6.45) is 2.77. The van der Waals surface area contributed by atoms with Gasteiger partial charge in [0.25, 0.3) is 0 Å². The second-order valence-electron chi connectivity index (χ2n) is 5.83. The molecule has 100 valence electrons. The first-order valence-corrected chi connectivity index (χ1v) is 6.50. The summed E-state index contributed by atoms with van der Waals surface area (Å²) in [5.41, 5.74) is 0.0561. The number of hydrogen-bond donors (Lipinski definition) is 2. The minimum atomic E-state index is 0.0561. The van der Waals surface area contributed by atoms with Crippen LogP contribution in [0, 0.1) is 0 Å². The van der Waals surface area contributed by atoms with Gasteiger partial charge in [-0.3, -0.25) is 0 Å². The molecule has 0 spiro atoms. The van der Waals surface area contributed by atoms with Gasteiger partial charge in [-0.1, -0.05) is 0 Å². The van der Waals surface area contributed by atoms with Crippen LogP contribution < -0.4 is 15.5 Å². The Hall–Kier alpha value is -1.36. The molecule has 2 N–H and O–H groups in total. The third-order valence-corrected chi connectivity index (χ3v) is 3.41. The molecule has 1 saturated heterocycles. The number of nitrogens with zero attached hydrogens (tertiary/aromatic N) is 3. The van der Waals surface area contributed by atoms with E-state index >= 15 is 0 Å². The topological polar surface area (TPSA) is 53.1 Å².